The zero-order chi connectivity index (χ0) is 12.2. The Morgan fingerprint density at radius 1 is 1.06 bits per heavy atom. The molecule has 2 atom stereocenters. The zero-order valence-electron chi connectivity index (χ0n) is 11.7. The third-order valence-electron chi connectivity index (χ3n) is 3.25. The van der Waals surface area contributed by atoms with Gasteiger partial charge < -0.3 is 10.1 Å². The highest BCUT2D eigenvalue weighted by atomic mass is 16.5. The molecule has 0 heterocycles. The monoisotopic (exact) mass is 227 g/mol. The van der Waals surface area contributed by atoms with Crippen LogP contribution in [-0.2, 0) is 4.74 Å². The van der Waals surface area contributed by atoms with E-state index in [0.717, 1.165) is 25.0 Å². The van der Waals surface area contributed by atoms with E-state index in [1.807, 2.05) is 0 Å². The third kappa shape index (κ3) is 5.86. The SMILES string of the molecule is CC1CC(C)CC(OCCNC(C)(C)C)C1. The molecule has 0 aliphatic heterocycles. The predicted octanol–water partition coefficient (Wildman–Crippen LogP) is 3.22. The average molecular weight is 227 g/mol. The van der Waals surface area contributed by atoms with E-state index in [2.05, 4.69) is 39.9 Å². The van der Waals surface area contributed by atoms with Crippen LogP contribution in [0.2, 0.25) is 0 Å². The molecule has 2 nitrogen and oxygen atoms in total. The number of nitrogens with one attached hydrogen (secondary N) is 1. The summed E-state index contributed by atoms with van der Waals surface area (Å²) in [5.41, 5.74) is 0.205. The zero-order valence-corrected chi connectivity index (χ0v) is 11.7. The summed E-state index contributed by atoms with van der Waals surface area (Å²) in [6, 6.07) is 0. The van der Waals surface area contributed by atoms with E-state index in [9.17, 15) is 0 Å². The number of ether oxygens (including phenoxy) is 1. The summed E-state index contributed by atoms with van der Waals surface area (Å²) >= 11 is 0. The first kappa shape index (κ1) is 14.0. The van der Waals surface area contributed by atoms with Gasteiger partial charge in [-0.3, -0.25) is 0 Å². The van der Waals surface area contributed by atoms with E-state index < -0.39 is 0 Å². The van der Waals surface area contributed by atoms with Gasteiger partial charge in [0.2, 0.25) is 0 Å². The normalized spacial score (nSPS) is 31.7. The van der Waals surface area contributed by atoms with Gasteiger partial charge in [-0.25, -0.2) is 0 Å². The lowest BCUT2D eigenvalue weighted by Gasteiger charge is -2.31. The fraction of sp³-hybridized carbons (Fsp3) is 1.00. The van der Waals surface area contributed by atoms with Crippen molar-refractivity contribution in [3.8, 4) is 0 Å². The van der Waals surface area contributed by atoms with Crippen LogP contribution < -0.4 is 5.32 Å². The minimum Gasteiger partial charge on any atom is -0.377 e. The Morgan fingerprint density at radius 3 is 2.12 bits per heavy atom. The van der Waals surface area contributed by atoms with Crippen LogP contribution >= 0.6 is 0 Å². The van der Waals surface area contributed by atoms with Gasteiger partial charge in [0.1, 0.15) is 0 Å². The second kappa shape index (κ2) is 6.02. The van der Waals surface area contributed by atoms with E-state index in [1.54, 1.807) is 0 Å². The van der Waals surface area contributed by atoms with Crippen molar-refractivity contribution in [2.45, 2.75) is 65.5 Å². The minimum atomic E-state index is 0.205. The van der Waals surface area contributed by atoms with Crippen molar-refractivity contribution in [2.24, 2.45) is 11.8 Å². The lowest BCUT2D eigenvalue weighted by molar-refractivity contribution is 0.00121. The van der Waals surface area contributed by atoms with Gasteiger partial charge in [-0.2, -0.15) is 0 Å². The molecule has 0 spiro atoms. The molecular weight excluding hydrogens is 198 g/mol. The summed E-state index contributed by atoms with van der Waals surface area (Å²) in [5.74, 6) is 1.67. The smallest absolute Gasteiger partial charge is 0.0594 e. The van der Waals surface area contributed by atoms with Gasteiger partial charge in [-0.1, -0.05) is 13.8 Å². The van der Waals surface area contributed by atoms with Crippen LogP contribution in [0.5, 0.6) is 0 Å². The van der Waals surface area contributed by atoms with Crippen molar-refractivity contribution in [1.82, 2.24) is 5.32 Å². The molecule has 0 radical (unpaired) electrons. The van der Waals surface area contributed by atoms with Crippen LogP contribution in [0, 0.1) is 11.8 Å². The molecule has 0 saturated heterocycles. The van der Waals surface area contributed by atoms with Crippen molar-refractivity contribution in [1.29, 1.82) is 0 Å². The molecule has 16 heavy (non-hydrogen) atoms. The topological polar surface area (TPSA) is 21.3 Å². The average Bonchev–Trinajstić information content (AvgIpc) is 2.09. The van der Waals surface area contributed by atoms with Gasteiger partial charge in [0.25, 0.3) is 0 Å². The van der Waals surface area contributed by atoms with Crippen LogP contribution in [0.4, 0.5) is 0 Å². The first-order chi connectivity index (χ1) is 7.37. The highest BCUT2D eigenvalue weighted by Crippen LogP contribution is 2.30. The lowest BCUT2D eigenvalue weighted by Crippen LogP contribution is -2.39. The summed E-state index contributed by atoms with van der Waals surface area (Å²) in [5, 5.41) is 3.46. The molecule has 1 fully saturated rings. The molecule has 1 N–H and O–H groups in total. The number of hydrogen-bond donors (Lipinski definition) is 1. The molecule has 1 saturated carbocycles. The minimum absolute atomic E-state index is 0.205. The molecule has 0 bridgehead atoms. The van der Waals surface area contributed by atoms with E-state index in [4.69, 9.17) is 4.74 Å². The highest BCUT2D eigenvalue weighted by molar-refractivity contribution is 4.75. The Hall–Kier alpha value is -0.0800. The van der Waals surface area contributed by atoms with Crippen molar-refractivity contribution in [3.05, 3.63) is 0 Å². The number of hydrogen-bond acceptors (Lipinski definition) is 2. The molecule has 1 aliphatic carbocycles. The maximum Gasteiger partial charge on any atom is 0.0594 e. The molecule has 0 aromatic heterocycles. The Balaban J connectivity index is 2.13. The highest BCUT2D eigenvalue weighted by Gasteiger charge is 2.24. The standard InChI is InChI=1S/C14H29NO/c1-11-8-12(2)10-13(9-11)16-7-6-15-14(3,4)5/h11-13,15H,6-10H2,1-5H3. The molecule has 1 aliphatic rings. The van der Waals surface area contributed by atoms with Crippen LogP contribution in [-0.4, -0.2) is 24.8 Å². The van der Waals surface area contributed by atoms with E-state index in [1.165, 1.54) is 19.3 Å². The summed E-state index contributed by atoms with van der Waals surface area (Å²) in [6.45, 7) is 13.1. The van der Waals surface area contributed by atoms with Gasteiger partial charge >= 0.3 is 0 Å². The first-order valence-corrected chi connectivity index (χ1v) is 6.73. The summed E-state index contributed by atoms with van der Waals surface area (Å²) in [7, 11) is 0. The maximum atomic E-state index is 5.96. The fourth-order valence-electron chi connectivity index (χ4n) is 2.66. The maximum absolute atomic E-state index is 5.96. The van der Waals surface area contributed by atoms with E-state index >= 15 is 0 Å². The molecule has 0 aromatic rings. The fourth-order valence-corrected chi connectivity index (χ4v) is 2.66. The summed E-state index contributed by atoms with van der Waals surface area (Å²) < 4.78 is 5.96. The summed E-state index contributed by atoms with van der Waals surface area (Å²) in [6.07, 6.45) is 4.38. The molecule has 96 valence electrons. The lowest BCUT2D eigenvalue weighted by atomic mass is 9.82. The van der Waals surface area contributed by atoms with Crippen LogP contribution in [0.25, 0.3) is 0 Å². The van der Waals surface area contributed by atoms with Crippen molar-refractivity contribution in [2.75, 3.05) is 13.2 Å². The molecule has 1 rings (SSSR count). The number of rotatable bonds is 4. The first-order valence-electron chi connectivity index (χ1n) is 6.73. The summed E-state index contributed by atoms with van der Waals surface area (Å²) in [4.78, 5) is 0. The molecule has 2 unspecified atom stereocenters. The molecular formula is C14H29NO. The molecule has 2 heteroatoms. The molecule has 0 amide bonds. The Bertz CT molecular complexity index is 187. The quantitative estimate of drug-likeness (QED) is 0.745. The van der Waals surface area contributed by atoms with Gasteiger partial charge in [0.05, 0.1) is 12.7 Å². The Labute approximate surface area is 101 Å². The third-order valence-corrected chi connectivity index (χ3v) is 3.25. The van der Waals surface area contributed by atoms with E-state index in [0.29, 0.717) is 6.10 Å². The van der Waals surface area contributed by atoms with Gasteiger partial charge in [-0.15, -0.1) is 0 Å². The largest absolute Gasteiger partial charge is 0.377 e. The molecule has 0 aromatic carbocycles. The van der Waals surface area contributed by atoms with Crippen LogP contribution in [0.3, 0.4) is 0 Å². The van der Waals surface area contributed by atoms with Crippen LogP contribution in [0.15, 0.2) is 0 Å². The van der Waals surface area contributed by atoms with Crippen molar-refractivity contribution < 1.29 is 4.74 Å². The second-order valence-corrected chi connectivity index (χ2v) is 6.59. The van der Waals surface area contributed by atoms with Crippen molar-refractivity contribution >= 4 is 0 Å². The predicted molar refractivity (Wildman–Crippen MR) is 69.7 cm³/mol. The Morgan fingerprint density at radius 2 is 1.62 bits per heavy atom. The second-order valence-electron chi connectivity index (χ2n) is 6.59. The van der Waals surface area contributed by atoms with Crippen molar-refractivity contribution in [3.63, 3.8) is 0 Å². The van der Waals surface area contributed by atoms with E-state index in [-0.39, 0.29) is 5.54 Å². The van der Waals surface area contributed by atoms with Gasteiger partial charge in [-0.05, 0) is 51.9 Å². The van der Waals surface area contributed by atoms with Crippen LogP contribution in [0.1, 0.15) is 53.9 Å². The van der Waals surface area contributed by atoms with Gasteiger partial charge in [0.15, 0.2) is 0 Å². The van der Waals surface area contributed by atoms with Gasteiger partial charge in [0, 0.05) is 12.1 Å². The Kier molecular flexibility index (Phi) is 5.26.